The van der Waals surface area contributed by atoms with Crippen LogP contribution in [0.25, 0.3) is 0 Å². The van der Waals surface area contributed by atoms with Crippen LogP contribution in [0.3, 0.4) is 0 Å². The zero-order valence-corrected chi connectivity index (χ0v) is 12.5. The Hall–Kier alpha value is -1.26. The molecule has 100 valence electrons. The van der Waals surface area contributed by atoms with E-state index in [1.165, 1.54) is 16.0 Å². The number of aryl methyl sites for hydroxylation is 1. The molecule has 0 aliphatic rings. The molecule has 0 saturated carbocycles. The Bertz CT molecular complexity index is 523. The van der Waals surface area contributed by atoms with E-state index in [1.807, 2.05) is 17.5 Å². The molecular weight excluding hydrogens is 274 g/mol. The number of carbonyl (C=O) groups excluding carboxylic acids is 1. The van der Waals surface area contributed by atoms with Crippen LogP contribution in [0.4, 0.5) is 0 Å². The van der Waals surface area contributed by atoms with Crippen LogP contribution in [0.2, 0.25) is 0 Å². The molecule has 0 aliphatic heterocycles. The van der Waals surface area contributed by atoms with Gasteiger partial charge >= 0.3 is 0 Å². The molecule has 2 nitrogen and oxygen atoms in total. The maximum absolute atomic E-state index is 11.7. The van der Waals surface area contributed by atoms with Gasteiger partial charge in [0.05, 0.1) is 12.3 Å². The average molecular weight is 291 g/mol. The first-order valence-corrected chi connectivity index (χ1v) is 8.20. The zero-order chi connectivity index (χ0) is 13.5. The van der Waals surface area contributed by atoms with Gasteiger partial charge in [-0.15, -0.1) is 23.1 Å². The highest BCUT2D eigenvalue weighted by Crippen LogP contribution is 2.13. The van der Waals surface area contributed by atoms with Crippen LogP contribution >= 0.6 is 23.1 Å². The fourth-order valence-corrected chi connectivity index (χ4v) is 3.16. The van der Waals surface area contributed by atoms with Crippen LogP contribution in [0.5, 0.6) is 0 Å². The molecule has 0 bridgehead atoms. The molecule has 1 amide bonds. The number of carbonyl (C=O) groups is 1. The van der Waals surface area contributed by atoms with Crippen molar-refractivity contribution in [3.8, 4) is 0 Å². The summed E-state index contributed by atoms with van der Waals surface area (Å²) >= 11 is 3.32. The lowest BCUT2D eigenvalue weighted by Crippen LogP contribution is -2.24. The zero-order valence-electron chi connectivity index (χ0n) is 10.9. The van der Waals surface area contributed by atoms with Crippen molar-refractivity contribution in [3.05, 3.63) is 57.8 Å². The van der Waals surface area contributed by atoms with Gasteiger partial charge < -0.3 is 5.32 Å². The van der Waals surface area contributed by atoms with Gasteiger partial charge in [0.15, 0.2) is 0 Å². The average Bonchev–Trinajstić information content (AvgIpc) is 2.89. The Balaban J connectivity index is 1.66. The molecule has 0 saturated heterocycles. The van der Waals surface area contributed by atoms with E-state index >= 15 is 0 Å². The monoisotopic (exact) mass is 291 g/mol. The molecule has 0 spiro atoms. The van der Waals surface area contributed by atoms with Crippen molar-refractivity contribution in [2.75, 3.05) is 5.75 Å². The number of amides is 1. The molecule has 2 aromatic rings. The summed E-state index contributed by atoms with van der Waals surface area (Å²) in [5.74, 6) is 1.50. The first kappa shape index (κ1) is 14.2. The van der Waals surface area contributed by atoms with Crippen molar-refractivity contribution in [2.45, 2.75) is 19.2 Å². The fourth-order valence-electron chi connectivity index (χ4n) is 1.71. The quantitative estimate of drug-likeness (QED) is 0.881. The second-order valence-electron chi connectivity index (χ2n) is 4.34. The molecule has 2 rings (SSSR count). The molecule has 4 heteroatoms. The van der Waals surface area contributed by atoms with Gasteiger partial charge in [-0.3, -0.25) is 4.79 Å². The van der Waals surface area contributed by atoms with Gasteiger partial charge in [-0.1, -0.05) is 35.9 Å². The van der Waals surface area contributed by atoms with Crippen LogP contribution in [0.15, 0.2) is 41.8 Å². The molecular formula is C15H17NOS2. The first-order chi connectivity index (χ1) is 9.24. The van der Waals surface area contributed by atoms with E-state index in [0.29, 0.717) is 12.3 Å². The Morgan fingerprint density at radius 2 is 2.21 bits per heavy atom. The number of hydrogen-bond acceptors (Lipinski definition) is 3. The molecule has 0 unspecified atom stereocenters. The lowest BCUT2D eigenvalue weighted by atomic mass is 10.2. The summed E-state index contributed by atoms with van der Waals surface area (Å²) in [6, 6.07) is 12.4. The SMILES string of the molecule is Cc1cccc(CSCC(=O)NCc2cccs2)c1. The maximum atomic E-state index is 11.7. The van der Waals surface area contributed by atoms with Crippen molar-refractivity contribution in [1.29, 1.82) is 0 Å². The largest absolute Gasteiger partial charge is 0.350 e. The summed E-state index contributed by atoms with van der Waals surface area (Å²) in [4.78, 5) is 12.9. The predicted octanol–water partition coefficient (Wildman–Crippen LogP) is 3.61. The lowest BCUT2D eigenvalue weighted by molar-refractivity contribution is -0.118. The van der Waals surface area contributed by atoms with E-state index < -0.39 is 0 Å². The second kappa shape index (κ2) is 7.36. The predicted molar refractivity (Wildman–Crippen MR) is 83.5 cm³/mol. The molecule has 0 atom stereocenters. The summed E-state index contributed by atoms with van der Waals surface area (Å²) in [5.41, 5.74) is 2.54. The van der Waals surface area contributed by atoms with Crippen LogP contribution in [-0.4, -0.2) is 11.7 Å². The number of rotatable bonds is 6. The summed E-state index contributed by atoms with van der Waals surface area (Å²) in [6.45, 7) is 2.73. The highest BCUT2D eigenvalue weighted by molar-refractivity contribution is 7.99. The standard InChI is InChI=1S/C15H17NOS2/c1-12-4-2-5-13(8-12)10-18-11-15(17)16-9-14-6-3-7-19-14/h2-8H,9-11H2,1H3,(H,16,17). The van der Waals surface area contributed by atoms with Gasteiger partial charge in [0, 0.05) is 10.6 Å². The number of thiophene rings is 1. The summed E-state index contributed by atoms with van der Waals surface area (Å²) in [6.07, 6.45) is 0. The normalized spacial score (nSPS) is 10.4. The minimum atomic E-state index is 0.103. The number of hydrogen-bond donors (Lipinski definition) is 1. The van der Waals surface area contributed by atoms with Gasteiger partial charge in [-0.2, -0.15) is 0 Å². The molecule has 1 aromatic heterocycles. The van der Waals surface area contributed by atoms with Gasteiger partial charge in [-0.25, -0.2) is 0 Å². The Labute approximate surface area is 122 Å². The number of thioether (sulfide) groups is 1. The third kappa shape index (κ3) is 5.09. The van der Waals surface area contributed by atoms with E-state index in [0.717, 1.165) is 5.75 Å². The Kier molecular flexibility index (Phi) is 5.48. The lowest BCUT2D eigenvalue weighted by Gasteiger charge is -2.04. The highest BCUT2D eigenvalue weighted by atomic mass is 32.2. The Morgan fingerprint density at radius 1 is 1.32 bits per heavy atom. The highest BCUT2D eigenvalue weighted by Gasteiger charge is 2.02. The molecule has 0 fully saturated rings. The van der Waals surface area contributed by atoms with E-state index in [9.17, 15) is 4.79 Å². The number of benzene rings is 1. The van der Waals surface area contributed by atoms with Gasteiger partial charge in [0.2, 0.25) is 5.91 Å². The van der Waals surface area contributed by atoms with Gasteiger partial charge in [0.1, 0.15) is 0 Å². The van der Waals surface area contributed by atoms with E-state index in [2.05, 4.69) is 36.5 Å². The van der Waals surface area contributed by atoms with Crippen LogP contribution in [0, 0.1) is 6.92 Å². The van der Waals surface area contributed by atoms with E-state index in [-0.39, 0.29) is 5.91 Å². The third-order valence-corrected chi connectivity index (χ3v) is 4.50. The Morgan fingerprint density at radius 3 is 2.95 bits per heavy atom. The van der Waals surface area contributed by atoms with Crippen LogP contribution in [-0.2, 0) is 17.1 Å². The maximum Gasteiger partial charge on any atom is 0.230 e. The second-order valence-corrected chi connectivity index (χ2v) is 6.36. The van der Waals surface area contributed by atoms with Crippen LogP contribution < -0.4 is 5.32 Å². The van der Waals surface area contributed by atoms with Gasteiger partial charge in [-0.05, 0) is 23.9 Å². The summed E-state index contributed by atoms with van der Waals surface area (Å²) in [7, 11) is 0. The van der Waals surface area contributed by atoms with Crippen molar-refractivity contribution >= 4 is 29.0 Å². The van der Waals surface area contributed by atoms with Crippen molar-refractivity contribution in [3.63, 3.8) is 0 Å². The first-order valence-electron chi connectivity index (χ1n) is 6.16. The fraction of sp³-hybridized carbons (Fsp3) is 0.267. The van der Waals surface area contributed by atoms with Gasteiger partial charge in [0.25, 0.3) is 0 Å². The summed E-state index contributed by atoms with van der Waals surface area (Å²) in [5, 5.41) is 4.96. The van der Waals surface area contributed by atoms with Crippen molar-refractivity contribution in [2.24, 2.45) is 0 Å². The molecule has 19 heavy (non-hydrogen) atoms. The molecule has 0 radical (unpaired) electrons. The molecule has 1 heterocycles. The minimum absolute atomic E-state index is 0.103. The summed E-state index contributed by atoms with van der Waals surface area (Å²) < 4.78 is 0. The molecule has 0 aliphatic carbocycles. The van der Waals surface area contributed by atoms with Crippen molar-refractivity contribution in [1.82, 2.24) is 5.32 Å². The van der Waals surface area contributed by atoms with E-state index in [4.69, 9.17) is 0 Å². The minimum Gasteiger partial charge on any atom is -0.350 e. The van der Waals surface area contributed by atoms with Crippen LogP contribution in [0.1, 0.15) is 16.0 Å². The smallest absolute Gasteiger partial charge is 0.230 e. The molecule has 1 N–H and O–H groups in total. The van der Waals surface area contributed by atoms with E-state index in [1.54, 1.807) is 23.1 Å². The number of nitrogens with one attached hydrogen (secondary N) is 1. The molecule has 1 aromatic carbocycles. The van der Waals surface area contributed by atoms with Crippen molar-refractivity contribution < 1.29 is 4.79 Å². The topological polar surface area (TPSA) is 29.1 Å². The third-order valence-electron chi connectivity index (χ3n) is 2.62.